The fourth-order valence-corrected chi connectivity index (χ4v) is 2.44. The average Bonchev–Trinajstić information content (AvgIpc) is 2.18. The average molecular weight is 269 g/mol. The summed E-state index contributed by atoms with van der Waals surface area (Å²) in [6.45, 7) is 0. The van der Waals surface area contributed by atoms with Crippen LogP contribution in [0.5, 0.6) is 0 Å². The maximum absolute atomic E-state index is 11.7. The Morgan fingerprint density at radius 2 is 1.67 bits per heavy atom. The van der Waals surface area contributed by atoms with Gasteiger partial charge >= 0.3 is 9.63 Å². The number of alkyl halides is 2. The van der Waals surface area contributed by atoms with E-state index in [1.54, 1.807) is 6.07 Å². The topological polar surface area (TPSA) is 71.4 Å². The van der Waals surface area contributed by atoms with E-state index in [1.807, 2.05) is 0 Å². The van der Waals surface area contributed by atoms with Crippen LogP contribution in [0.2, 0.25) is 0 Å². The monoisotopic (exact) mass is 268 g/mol. The van der Waals surface area contributed by atoms with Gasteiger partial charge < -0.3 is 5.11 Å². The highest BCUT2D eigenvalue weighted by molar-refractivity contribution is 7.96. The number of aliphatic carboxylic acids is 1. The largest absolute Gasteiger partial charge is 0.478 e. The highest BCUT2D eigenvalue weighted by Gasteiger charge is 2.48. The molecule has 0 aromatic heterocycles. The van der Waals surface area contributed by atoms with Gasteiger partial charge in [0.2, 0.25) is 9.84 Å². The number of hydrogen-bond acceptors (Lipinski definition) is 3. The first-order chi connectivity index (χ1) is 6.80. The molecule has 0 heterocycles. The smallest absolute Gasteiger partial charge is 0.356 e. The number of halogens is 2. The summed E-state index contributed by atoms with van der Waals surface area (Å²) in [5.41, 5.74) is 0. The lowest BCUT2D eigenvalue weighted by atomic mass is 10.4. The molecule has 1 N–H and O–H groups in total. The molecule has 82 valence electrons. The van der Waals surface area contributed by atoms with E-state index in [1.165, 1.54) is 24.3 Å². The molecule has 0 atom stereocenters. The van der Waals surface area contributed by atoms with Crippen molar-refractivity contribution in [3.05, 3.63) is 30.3 Å². The predicted molar refractivity (Wildman–Crippen MR) is 55.7 cm³/mol. The number of hydrogen-bond donors (Lipinski definition) is 1. The van der Waals surface area contributed by atoms with E-state index in [0.29, 0.717) is 0 Å². The fraction of sp³-hybridized carbons (Fsp3) is 0.125. The van der Waals surface area contributed by atoms with E-state index in [2.05, 4.69) is 0 Å². The number of benzene rings is 1. The molecule has 1 aromatic rings. The molecule has 0 fully saturated rings. The minimum atomic E-state index is -4.31. The fourth-order valence-electron chi connectivity index (χ4n) is 0.863. The molecule has 0 aliphatic rings. The SMILES string of the molecule is O=C(O)C(Cl)(Cl)S(=O)(=O)c1ccccc1. The first-order valence-corrected chi connectivity index (χ1v) is 5.95. The van der Waals surface area contributed by atoms with Gasteiger partial charge in [0, 0.05) is 0 Å². The van der Waals surface area contributed by atoms with Crippen molar-refractivity contribution in [1.29, 1.82) is 0 Å². The molecule has 1 aromatic carbocycles. The van der Waals surface area contributed by atoms with Crippen LogP contribution in [0.25, 0.3) is 0 Å². The van der Waals surface area contributed by atoms with Gasteiger partial charge in [0.25, 0.3) is 0 Å². The molecule has 0 aliphatic carbocycles. The molecule has 1 rings (SSSR count). The Labute approximate surface area is 96.3 Å². The van der Waals surface area contributed by atoms with E-state index >= 15 is 0 Å². The summed E-state index contributed by atoms with van der Waals surface area (Å²) in [6, 6.07) is 6.91. The summed E-state index contributed by atoms with van der Waals surface area (Å²) in [4.78, 5) is 10.4. The van der Waals surface area contributed by atoms with E-state index in [9.17, 15) is 13.2 Å². The number of carbonyl (C=O) groups is 1. The van der Waals surface area contributed by atoms with Crippen LogP contribution >= 0.6 is 23.2 Å². The lowest BCUT2D eigenvalue weighted by Crippen LogP contribution is -2.35. The first-order valence-electron chi connectivity index (χ1n) is 3.71. The molecule has 0 saturated heterocycles. The normalized spacial score (nSPS) is 12.4. The second kappa shape index (κ2) is 4.00. The highest BCUT2D eigenvalue weighted by Crippen LogP contribution is 2.33. The third-order valence-corrected chi connectivity index (χ3v) is 4.92. The second-order valence-electron chi connectivity index (χ2n) is 2.64. The van der Waals surface area contributed by atoms with Gasteiger partial charge in [0.05, 0.1) is 4.90 Å². The summed E-state index contributed by atoms with van der Waals surface area (Å²) in [7, 11) is -4.31. The van der Waals surface area contributed by atoms with Gasteiger partial charge in [0.15, 0.2) is 0 Å². The Morgan fingerprint density at radius 1 is 1.20 bits per heavy atom. The summed E-state index contributed by atoms with van der Waals surface area (Å²) in [5.74, 6) is -1.82. The Kier molecular flexibility index (Phi) is 3.28. The number of carboxylic acids is 1. The Balaban J connectivity index is 3.33. The molecule has 0 radical (unpaired) electrons. The summed E-state index contributed by atoms with van der Waals surface area (Å²) in [6.07, 6.45) is 0. The van der Waals surface area contributed by atoms with Crippen LogP contribution in [0.15, 0.2) is 35.2 Å². The van der Waals surface area contributed by atoms with Gasteiger partial charge in [-0.15, -0.1) is 0 Å². The van der Waals surface area contributed by atoms with Gasteiger partial charge in [-0.25, -0.2) is 13.2 Å². The molecular weight excluding hydrogens is 263 g/mol. The minimum absolute atomic E-state index is 0.239. The number of carboxylic acid groups (broad SMARTS) is 1. The lowest BCUT2D eigenvalue weighted by Gasteiger charge is -2.14. The molecule has 4 nitrogen and oxygen atoms in total. The van der Waals surface area contributed by atoms with Crippen molar-refractivity contribution in [2.24, 2.45) is 0 Å². The molecular formula is C8H6Cl2O4S. The maximum Gasteiger partial charge on any atom is 0.356 e. The van der Waals surface area contributed by atoms with Crippen LogP contribution in [0, 0.1) is 0 Å². The lowest BCUT2D eigenvalue weighted by molar-refractivity contribution is -0.135. The predicted octanol–water partition coefficient (Wildman–Crippen LogP) is 1.68. The summed E-state index contributed by atoms with van der Waals surface area (Å²) in [5, 5.41) is 8.60. The third-order valence-electron chi connectivity index (χ3n) is 1.64. The molecule has 0 saturated carbocycles. The van der Waals surface area contributed by atoms with Crippen molar-refractivity contribution in [3.63, 3.8) is 0 Å². The molecule has 0 amide bonds. The van der Waals surface area contributed by atoms with Crippen LogP contribution < -0.4 is 0 Å². The summed E-state index contributed by atoms with van der Waals surface area (Å²) >= 11 is 10.6. The molecule has 0 unspecified atom stereocenters. The Morgan fingerprint density at radius 3 is 2.07 bits per heavy atom. The van der Waals surface area contributed by atoms with Gasteiger partial charge in [0.1, 0.15) is 0 Å². The molecule has 15 heavy (non-hydrogen) atoms. The minimum Gasteiger partial charge on any atom is -0.478 e. The van der Waals surface area contributed by atoms with Crippen molar-refractivity contribution < 1.29 is 18.3 Å². The van der Waals surface area contributed by atoms with Crippen molar-refractivity contribution >= 4 is 39.0 Å². The Hall–Kier alpha value is -0.780. The second-order valence-corrected chi connectivity index (χ2v) is 6.50. The maximum atomic E-state index is 11.7. The zero-order chi connectivity index (χ0) is 11.7. The zero-order valence-corrected chi connectivity index (χ0v) is 9.55. The Bertz CT molecular complexity index is 467. The van der Waals surface area contributed by atoms with Gasteiger partial charge in [-0.05, 0) is 12.1 Å². The molecule has 0 spiro atoms. The number of rotatable bonds is 3. The third kappa shape index (κ3) is 2.09. The molecule has 7 heteroatoms. The van der Waals surface area contributed by atoms with Crippen molar-refractivity contribution in [1.82, 2.24) is 0 Å². The quantitative estimate of drug-likeness (QED) is 0.847. The van der Waals surface area contributed by atoms with E-state index in [-0.39, 0.29) is 4.90 Å². The zero-order valence-electron chi connectivity index (χ0n) is 7.22. The van der Waals surface area contributed by atoms with Crippen molar-refractivity contribution in [2.45, 2.75) is 8.56 Å². The number of sulfone groups is 1. The van der Waals surface area contributed by atoms with Gasteiger partial charge in [-0.3, -0.25) is 0 Å². The highest BCUT2D eigenvalue weighted by atomic mass is 35.5. The van der Waals surface area contributed by atoms with Crippen LogP contribution in [-0.2, 0) is 14.6 Å². The van der Waals surface area contributed by atoms with E-state index in [0.717, 1.165) is 0 Å². The molecule has 0 aliphatic heterocycles. The van der Waals surface area contributed by atoms with Gasteiger partial charge in [-0.2, -0.15) is 0 Å². The van der Waals surface area contributed by atoms with Gasteiger partial charge in [-0.1, -0.05) is 41.4 Å². The first kappa shape index (κ1) is 12.3. The van der Waals surface area contributed by atoms with Crippen LogP contribution in [0.4, 0.5) is 0 Å². The standard InChI is InChI=1S/C8H6Cl2O4S/c9-8(10,7(11)12)15(13,14)6-4-2-1-3-5-6/h1-5H,(H,11,12). The van der Waals surface area contributed by atoms with Crippen LogP contribution in [-0.4, -0.2) is 23.2 Å². The van der Waals surface area contributed by atoms with Crippen LogP contribution in [0.3, 0.4) is 0 Å². The van der Waals surface area contributed by atoms with E-state index < -0.39 is 19.5 Å². The molecule has 0 bridgehead atoms. The van der Waals surface area contributed by atoms with Crippen molar-refractivity contribution in [2.75, 3.05) is 0 Å². The van der Waals surface area contributed by atoms with Crippen LogP contribution in [0.1, 0.15) is 0 Å². The summed E-state index contributed by atoms with van der Waals surface area (Å²) < 4.78 is 20.4. The van der Waals surface area contributed by atoms with Crippen molar-refractivity contribution in [3.8, 4) is 0 Å². The van der Waals surface area contributed by atoms with E-state index in [4.69, 9.17) is 28.3 Å².